The number of hydrogen-bond acceptors (Lipinski definition) is 7. The number of hydrogen-bond donors (Lipinski definition) is 3. The van der Waals surface area contributed by atoms with E-state index in [1.165, 1.54) is 4.90 Å². The molecule has 1 saturated heterocycles. The van der Waals surface area contributed by atoms with Gasteiger partial charge in [-0.25, -0.2) is 19.2 Å². The number of carbonyl (C=O) groups excluding carboxylic acids is 1. The van der Waals surface area contributed by atoms with Crippen molar-refractivity contribution in [2.75, 3.05) is 18.4 Å². The average Bonchev–Trinajstić information content (AvgIpc) is 3.34. The fourth-order valence-electron chi connectivity index (χ4n) is 4.16. The van der Waals surface area contributed by atoms with Crippen LogP contribution in [0.2, 0.25) is 0 Å². The predicted molar refractivity (Wildman–Crippen MR) is 130 cm³/mol. The van der Waals surface area contributed by atoms with E-state index in [-0.39, 0.29) is 19.7 Å². The summed E-state index contributed by atoms with van der Waals surface area (Å²) >= 11 is 0. The normalized spacial score (nSPS) is 18.8. The summed E-state index contributed by atoms with van der Waals surface area (Å²) in [7, 11) is 0. The standard InChI is InChI=1S/C25H32FN5O4/c1-24(2,3)35-23(33)30-12-17(26)19(13-30)29-21-8-6-7-18(28-21)20-10-27-22-9-15(14-32)16(11-31(20)22)25(4,5)34/h6-11,17,19,32,34H,12-14H2,1-5H3,(H,28,29)/t17-,19-/m0/s1. The van der Waals surface area contributed by atoms with Crippen LogP contribution in [-0.4, -0.2) is 66.5 Å². The monoisotopic (exact) mass is 485 g/mol. The lowest BCUT2D eigenvalue weighted by molar-refractivity contribution is 0.0283. The Hall–Kier alpha value is -3.24. The van der Waals surface area contributed by atoms with E-state index in [0.717, 1.165) is 0 Å². The zero-order chi connectivity index (χ0) is 25.5. The van der Waals surface area contributed by atoms with E-state index in [2.05, 4.69) is 15.3 Å². The topological polar surface area (TPSA) is 112 Å². The quantitative estimate of drug-likeness (QED) is 0.507. The van der Waals surface area contributed by atoms with Crippen molar-refractivity contribution in [3.05, 3.63) is 47.8 Å². The molecule has 0 saturated carbocycles. The second-order valence-electron chi connectivity index (χ2n) is 10.4. The van der Waals surface area contributed by atoms with Crippen LogP contribution < -0.4 is 5.32 Å². The number of halogens is 1. The highest BCUT2D eigenvalue weighted by molar-refractivity contribution is 5.69. The maximum atomic E-state index is 14.7. The number of anilines is 1. The Kier molecular flexibility index (Phi) is 6.46. The Morgan fingerprint density at radius 1 is 1.26 bits per heavy atom. The van der Waals surface area contributed by atoms with Gasteiger partial charge in [0.15, 0.2) is 0 Å². The van der Waals surface area contributed by atoms with Crippen molar-refractivity contribution in [1.82, 2.24) is 19.3 Å². The number of carbonyl (C=O) groups is 1. The van der Waals surface area contributed by atoms with Gasteiger partial charge >= 0.3 is 6.09 Å². The predicted octanol–water partition coefficient (Wildman–Crippen LogP) is 3.49. The number of rotatable bonds is 5. The number of fused-ring (bicyclic) bond motifs is 1. The lowest BCUT2D eigenvalue weighted by atomic mass is 9.95. The molecule has 1 aliphatic rings. The number of alkyl halides is 1. The highest BCUT2D eigenvalue weighted by Gasteiger charge is 2.37. The van der Waals surface area contributed by atoms with E-state index in [9.17, 15) is 19.4 Å². The molecular formula is C25H32FN5O4. The van der Waals surface area contributed by atoms with Gasteiger partial charge in [0.05, 0.1) is 42.4 Å². The van der Waals surface area contributed by atoms with Gasteiger partial charge in [-0.05, 0) is 58.4 Å². The molecule has 0 bridgehead atoms. The van der Waals surface area contributed by atoms with Gasteiger partial charge < -0.3 is 25.2 Å². The lowest BCUT2D eigenvalue weighted by Gasteiger charge is -2.24. The first-order valence-electron chi connectivity index (χ1n) is 11.6. The molecule has 3 N–H and O–H groups in total. The molecule has 3 aromatic heterocycles. The molecule has 0 spiro atoms. The summed E-state index contributed by atoms with van der Waals surface area (Å²) in [6, 6.07) is 6.46. The van der Waals surface area contributed by atoms with E-state index >= 15 is 0 Å². The summed E-state index contributed by atoms with van der Waals surface area (Å²) in [5.41, 5.74) is 1.23. The summed E-state index contributed by atoms with van der Waals surface area (Å²) in [5.74, 6) is 0.464. The van der Waals surface area contributed by atoms with Gasteiger partial charge in [-0.1, -0.05) is 6.07 Å². The minimum absolute atomic E-state index is 0.0492. The minimum atomic E-state index is -1.27. The highest BCUT2D eigenvalue weighted by Crippen LogP contribution is 2.29. The molecule has 1 fully saturated rings. The number of likely N-dealkylation sites (tertiary alicyclic amines) is 1. The fraction of sp³-hybridized carbons (Fsp3) is 0.480. The van der Waals surface area contributed by atoms with Crippen molar-refractivity contribution in [1.29, 1.82) is 0 Å². The molecule has 35 heavy (non-hydrogen) atoms. The first-order chi connectivity index (χ1) is 16.4. The maximum absolute atomic E-state index is 14.7. The molecule has 188 valence electrons. The molecule has 1 amide bonds. The smallest absolute Gasteiger partial charge is 0.410 e. The number of pyridine rings is 2. The van der Waals surface area contributed by atoms with Gasteiger partial charge in [-0.15, -0.1) is 0 Å². The van der Waals surface area contributed by atoms with E-state index in [1.54, 1.807) is 69.6 Å². The molecule has 4 heterocycles. The molecule has 10 heteroatoms. The molecule has 2 atom stereocenters. The Bertz CT molecular complexity index is 1230. The summed E-state index contributed by atoms with van der Waals surface area (Å²) in [6.07, 6.45) is 1.60. The number of amides is 1. The van der Waals surface area contributed by atoms with Crippen LogP contribution >= 0.6 is 0 Å². The number of nitrogens with zero attached hydrogens (tertiary/aromatic N) is 4. The number of aliphatic hydroxyl groups is 2. The summed E-state index contributed by atoms with van der Waals surface area (Å²) in [5, 5.41) is 23.4. The van der Waals surface area contributed by atoms with Gasteiger partial charge in [0.2, 0.25) is 0 Å². The van der Waals surface area contributed by atoms with Crippen molar-refractivity contribution < 1.29 is 24.1 Å². The third kappa shape index (κ3) is 5.38. The van der Waals surface area contributed by atoms with Crippen LogP contribution in [0.4, 0.5) is 15.0 Å². The molecule has 0 radical (unpaired) electrons. The largest absolute Gasteiger partial charge is 0.444 e. The molecule has 4 rings (SSSR count). The number of ether oxygens (including phenoxy) is 1. The molecular weight excluding hydrogens is 453 g/mol. The zero-order valence-corrected chi connectivity index (χ0v) is 20.6. The third-order valence-electron chi connectivity index (χ3n) is 5.81. The Labute approximate surface area is 203 Å². The van der Waals surface area contributed by atoms with E-state index in [1.807, 2.05) is 6.07 Å². The van der Waals surface area contributed by atoms with E-state index in [4.69, 9.17) is 4.74 Å². The first-order valence-corrected chi connectivity index (χ1v) is 11.6. The lowest BCUT2D eigenvalue weighted by Crippen LogP contribution is -2.36. The van der Waals surface area contributed by atoms with Crippen molar-refractivity contribution in [2.45, 2.75) is 64.6 Å². The van der Waals surface area contributed by atoms with Gasteiger partial charge in [0, 0.05) is 18.3 Å². The molecule has 0 aromatic carbocycles. The average molecular weight is 486 g/mol. The van der Waals surface area contributed by atoms with Crippen LogP contribution in [0.5, 0.6) is 0 Å². The van der Waals surface area contributed by atoms with Crippen molar-refractivity contribution in [3.8, 4) is 11.4 Å². The number of imidazole rings is 1. The summed E-state index contributed by atoms with van der Waals surface area (Å²) in [6.45, 7) is 8.52. The van der Waals surface area contributed by atoms with Crippen LogP contribution in [-0.2, 0) is 16.9 Å². The Morgan fingerprint density at radius 2 is 2.00 bits per heavy atom. The van der Waals surface area contributed by atoms with E-state index in [0.29, 0.717) is 34.0 Å². The second kappa shape index (κ2) is 9.09. The third-order valence-corrected chi connectivity index (χ3v) is 5.81. The zero-order valence-electron chi connectivity index (χ0n) is 20.6. The van der Waals surface area contributed by atoms with Gasteiger partial charge in [0.1, 0.15) is 23.2 Å². The van der Waals surface area contributed by atoms with Crippen LogP contribution in [0.25, 0.3) is 17.0 Å². The van der Waals surface area contributed by atoms with Gasteiger partial charge in [-0.2, -0.15) is 0 Å². The van der Waals surface area contributed by atoms with Crippen LogP contribution in [0.3, 0.4) is 0 Å². The number of nitrogens with one attached hydrogen (secondary N) is 1. The maximum Gasteiger partial charge on any atom is 0.410 e. The van der Waals surface area contributed by atoms with Crippen molar-refractivity contribution >= 4 is 17.6 Å². The molecule has 1 aliphatic heterocycles. The van der Waals surface area contributed by atoms with Crippen molar-refractivity contribution in [3.63, 3.8) is 0 Å². The minimum Gasteiger partial charge on any atom is -0.444 e. The Morgan fingerprint density at radius 3 is 2.66 bits per heavy atom. The number of aromatic nitrogens is 3. The Balaban J connectivity index is 1.58. The number of aliphatic hydroxyl groups excluding tert-OH is 1. The first kappa shape index (κ1) is 24.9. The molecule has 0 aliphatic carbocycles. The summed E-state index contributed by atoms with van der Waals surface area (Å²) in [4.78, 5) is 22.8. The van der Waals surface area contributed by atoms with Gasteiger partial charge in [-0.3, -0.25) is 4.40 Å². The van der Waals surface area contributed by atoms with Gasteiger partial charge in [0.25, 0.3) is 0 Å². The van der Waals surface area contributed by atoms with Crippen molar-refractivity contribution in [2.24, 2.45) is 0 Å². The fourth-order valence-corrected chi connectivity index (χ4v) is 4.16. The highest BCUT2D eigenvalue weighted by atomic mass is 19.1. The molecule has 3 aromatic rings. The summed E-state index contributed by atoms with van der Waals surface area (Å²) < 4.78 is 21.9. The molecule has 0 unspecified atom stereocenters. The van der Waals surface area contributed by atoms with E-state index < -0.39 is 29.5 Å². The van der Waals surface area contributed by atoms with Crippen LogP contribution in [0, 0.1) is 0 Å². The molecule has 9 nitrogen and oxygen atoms in total. The van der Waals surface area contributed by atoms with Crippen LogP contribution in [0.1, 0.15) is 45.7 Å². The van der Waals surface area contributed by atoms with Crippen LogP contribution in [0.15, 0.2) is 36.7 Å². The SMILES string of the molecule is CC(C)(C)OC(=O)N1C[C@H](Nc2cccc(-c3cnc4cc(CO)c(C(C)(C)O)cn34)n2)[C@@H](F)C1. The second-order valence-corrected chi connectivity index (χ2v) is 10.4.